The van der Waals surface area contributed by atoms with Crippen LogP contribution in [-0.4, -0.2) is 0 Å². The Bertz CT molecular complexity index is 71.8. The standard InChI is InChI=1S/C4H10.C4H6.C3H8.C2H4/c1-4(2)3;1-3-4-2;1-3-2;1-2/h4H,1-3H3;1H,4H2,2H3;3H2,1-2H3;1-2H2. The summed E-state index contributed by atoms with van der Waals surface area (Å²) in [6, 6.07) is 0. The quantitative estimate of drug-likeness (QED) is 0.370. The number of terminal acetylenes is 1. The van der Waals surface area contributed by atoms with Gasteiger partial charge in [-0.1, -0.05) is 48.0 Å². The molecule has 0 saturated heterocycles. The van der Waals surface area contributed by atoms with Crippen LogP contribution in [0.5, 0.6) is 0 Å². The molecule has 0 aromatic carbocycles. The molecule has 0 nitrogen and oxygen atoms in total. The van der Waals surface area contributed by atoms with Crippen LogP contribution in [0.4, 0.5) is 0 Å². The largest absolute Gasteiger partial charge is 0.120 e. The molecule has 0 unspecified atom stereocenters. The Morgan fingerprint density at radius 3 is 1.15 bits per heavy atom. The molecular formula is C13H28. The van der Waals surface area contributed by atoms with Gasteiger partial charge < -0.3 is 0 Å². The SMILES string of the molecule is C#CCC.C=C.CC(C)C.CCC. The molecule has 0 bridgehead atoms. The third-order valence-electron chi connectivity index (χ3n) is 0.204. The summed E-state index contributed by atoms with van der Waals surface area (Å²) in [5, 5.41) is 0. The molecule has 0 heterocycles. The minimum atomic E-state index is 0.833. The lowest BCUT2D eigenvalue weighted by atomic mass is 10.3. The Hall–Kier alpha value is -0.700. The van der Waals surface area contributed by atoms with Gasteiger partial charge in [0.25, 0.3) is 0 Å². The lowest BCUT2D eigenvalue weighted by Crippen LogP contribution is -1.66. The summed E-state index contributed by atoms with van der Waals surface area (Å²) in [6.07, 6.45) is 6.88. The third kappa shape index (κ3) is 10900. The zero-order chi connectivity index (χ0) is 11.7. The van der Waals surface area contributed by atoms with Crippen LogP contribution in [0.2, 0.25) is 0 Å². The minimum absolute atomic E-state index is 0.833. The summed E-state index contributed by atoms with van der Waals surface area (Å²) in [7, 11) is 0. The number of rotatable bonds is 0. The van der Waals surface area contributed by atoms with Crippen molar-refractivity contribution in [1.29, 1.82) is 0 Å². The first-order valence-corrected chi connectivity index (χ1v) is 5.00. The van der Waals surface area contributed by atoms with E-state index in [-0.39, 0.29) is 0 Å². The fraction of sp³-hybridized carbons (Fsp3) is 0.692. The molecule has 13 heavy (non-hydrogen) atoms. The van der Waals surface area contributed by atoms with Gasteiger partial charge >= 0.3 is 0 Å². The molecule has 0 saturated carbocycles. The zero-order valence-electron chi connectivity index (χ0n) is 10.5. The average Bonchev–Trinajstić information content (AvgIpc) is 2.08. The fourth-order valence-corrected chi connectivity index (χ4v) is 0. The maximum Gasteiger partial charge on any atom is 0.00576 e. The molecule has 80 valence electrons. The second kappa shape index (κ2) is 42.7. The highest BCUT2D eigenvalue weighted by atomic mass is 13.7. The van der Waals surface area contributed by atoms with E-state index >= 15 is 0 Å². The predicted molar refractivity (Wildman–Crippen MR) is 66.9 cm³/mol. The van der Waals surface area contributed by atoms with Crippen LogP contribution in [0.25, 0.3) is 0 Å². The number of hydrogen-bond donors (Lipinski definition) is 0. The van der Waals surface area contributed by atoms with E-state index in [9.17, 15) is 0 Å². The molecule has 0 fully saturated rings. The first-order chi connectivity index (χ1) is 6.06. The van der Waals surface area contributed by atoms with Crippen molar-refractivity contribution in [3.8, 4) is 12.3 Å². The summed E-state index contributed by atoms with van der Waals surface area (Å²) in [6.45, 7) is 18.7. The van der Waals surface area contributed by atoms with Gasteiger partial charge in [0, 0.05) is 6.42 Å². The van der Waals surface area contributed by atoms with Crippen molar-refractivity contribution in [2.24, 2.45) is 5.92 Å². The van der Waals surface area contributed by atoms with Gasteiger partial charge in [-0.25, -0.2) is 0 Å². The molecule has 0 radical (unpaired) electrons. The first-order valence-electron chi connectivity index (χ1n) is 5.00. The van der Waals surface area contributed by atoms with E-state index in [2.05, 4.69) is 53.7 Å². The summed E-state index contributed by atoms with van der Waals surface area (Å²) >= 11 is 0. The van der Waals surface area contributed by atoms with Gasteiger partial charge in [-0.15, -0.1) is 25.5 Å². The highest BCUT2D eigenvalue weighted by molar-refractivity contribution is 4.80. The van der Waals surface area contributed by atoms with Gasteiger partial charge in [-0.2, -0.15) is 0 Å². The highest BCUT2D eigenvalue weighted by Crippen LogP contribution is 1.81. The van der Waals surface area contributed by atoms with Crippen molar-refractivity contribution in [3.63, 3.8) is 0 Å². The zero-order valence-corrected chi connectivity index (χ0v) is 10.5. The van der Waals surface area contributed by atoms with Crippen LogP contribution in [0.3, 0.4) is 0 Å². The molecule has 0 aliphatic carbocycles. The first kappa shape index (κ1) is 22.8. The normalized spacial score (nSPS) is 6.00. The van der Waals surface area contributed by atoms with Crippen LogP contribution in [0.15, 0.2) is 13.2 Å². The molecule has 0 spiro atoms. The Morgan fingerprint density at radius 1 is 1.08 bits per heavy atom. The van der Waals surface area contributed by atoms with Crippen LogP contribution < -0.4 is 0 Å². The molecule has 0 amide bonds. The second-order valence-electron chi connectivity index (χ2n) is 3.00. The molecule has 0 heteroatoms. The van der Waals surface area contributed by atoms with Gasteiger partial charge in [-0.3, -0.25) is 0 Å². The van der Waals surface area contributed by atoms with E-state index < -0.39 is 0 Å². The molecule has 0 rings (SSSR count). The van der Waals surface area contributed by atoms with Crippen LogP contribution in [-0.2, 0) is 0 Å². The van der Waals surface area contributed by atoms with Gasteiger partial charge in [0.05, 0.1) is 0 Å². The minimum Gasteiger partial charge on any atom is -0.120 e. The van der Waals surface area contributed by atoms with E-state index in [1.54, 1.807) is 0 Å². The monoisotopic (exact) mass is 184 g/mol. The Balaban J connectivity index is -0.0000000431. The second-order valence-corrected chi connectivity index (χ2v) is 3.00. The van der Waals surface area contributed by atoms with Crippen molar-refractivity contribution in [3.05, 3.63) is 13.2 Å². The lowest BCUT2D eigenvalue weighted by Gasteiger charge is -1.79. The highest BCUT2D eigenvalue weighted by Gasteiger charge is 1.68. The topological polar surface area (TPSA) is 0 Å². The Morgan fingerprint density at radius 2 is 1.15 bits per heavy atom. The van der Waals surface area contributed by atoms with Crippen molar-refractivity contribution >= 4 is 0 Å². The predicted octanol–water partition coefficient (Wildman–Crippen LogP) is 4.91. The molecule has 0 aromatic heterocycles. The van der Waals surface area contributed by atoms with Crippen LogP contribution >= 0.6 is 0 Å². The summed E-state index contributed by atoms with van der Waals surface area (Å²) in [5.74, 6) is 3.26. The van der Waals surface area contributed by atoms with E-state index in [1.807, 2.05) is 6.92 Å². The van der Waals surface area contributed by atoms with Crippen LogP contribution in [0, 0.1) is 18.3 Å². The average molecular weight is 184 g/mol. The van der Waals surface area contributed by atoms with Gasteiger partial charge in [-0.05, 0) is 5.92 Å². The Labute approximate surface area is 86.4 Å². The maximum absolute atomic E-state index is 4.78. The van der Waals surface area contributed by atoms with Gasteiger partial charge in [0.2, 0.25) is 0 Å². The van der Waals surface area contributed by atoms with Gasteiger partial charge in [0.1, 0.15) is 0 Å². The Kier molecular flexibility index (Phi) is 74.8. The summed E-state index contributed by atoms with van der Waals surface area (Å²) < 4.78 is 0. The van der Waals surface area contributed by atoms with E-state index in [1.165, 1.54) is 6.42 Å². The lowest BCUT2D eigenvalue weighted by molar-refractivity contribution is 0.737. The molecule has 0 atom stereocenters. The molecule has 0 aromatic rings. The van der Waals surface area contributed by atoms with Gasteiger partial charge in [0.15, 0.2) is 0 Å². The molecule has 0 aliphatic heterocycles. The third-order valence-corrected chi connectivity index (χ3v) is 0.204. The summed E-state index contributed by atoms with van der Waals surface area (Å²) in [4.78, 5) is 0. The smallest absolute Gasteiger partial charge is 0.00576 e. The van der Waals surface area contributed by atoms with E-state index in [0.717, 1.165) is 12.3 Å². The molecular weight excluding hydrogens is 156 g/mol. The van der Waals surface area contributed by atoms with Crippen molar-refractivity contribution in [2.45, 2.75) is 54.4 Å². The van der Waals surface area contributed by atoms with E-state index in [0.29, 0.717) is 0 Å². The maximum atomic E-state index is 4.78. The summed E-state index contributed by atoms with van der Waals surface area (Å²) in [5.41, 5.74) is 0. The number of hydrogen-bond acceptors (Lipinski definition) is 0. The van der Waals surface area contributed by atoms with Crippen LogP contribution in [0.1, 0.15) is 54.4 Å². The van der Waals surface area contributed by atoms with Crippen molar-refractivity contribution < 1.29 is 0 Å². The van der Waals surface area contributed by atoms with Crippen molar-refractivity contribution in [2.75, 3.05) is 0 Å². The van der Waals surface area contributed by atoms with Crippen molar-refractivity contribution in [1.82, 2.24) is 0 Å². The fourth-order valence-electron chi connectivity index (χ4n) is 0. The molecule has 0 N–H and O–H groups in total. The molecule has 0 aliphatic rings. The van der Waals surface area contributed by atoms with E-state index in [4.69, 9.17) is 6.42 Å².